The van der Waals surface area contributed by atoms with E-state index in [4.69, 9.17) is 0 Å². The zero-order valence-corrected chi connectivity index (χ0v) is 16.7. The van der Waals surface area contributed by atoms with Gasteiger partial charge in [0.25, 0.3) is 0 Å². The number of nitrogens with zero attached hydrogens (tertiary/aromatic N) is 3. The SMILES string of the molecule is C[C@@H]1CCN(S(=O)(=O)c2ccccc2F)C[C@@H]1N(C)c1ccnc2[nH]ccc12. The van der Waals surface area contributed by atoms with Gasteiger partial charge in [0.2, 0.25) is 10.0 Å². The molecule has 3 heterocycles. The van der Waals surface area contributed by atoms with E-state index in [9.17, 15) is 12.8 Å². The molecule has 0 aliphatic carbocycles. The number of sulfonamides is 1. The second kappa shape index (κ2) is 7.18. The topological polar surface area (TPSA) is 69.3 Å². The van der Waals surface area contributed by atoms with Crippen molar-refractivity contribution in [2.75, 3.05) is 25.0 Å². The van der Waals surface area contributed by atoms with Crippen LogP contribution < -0.4 is 4.90 Å². The van der Waals surface area contributed by atoms with Crippen LogP contribution in [0, 0.1) is 11.7 Å². The van der Waals surface area contributed by atoms with Gasteiger partial charge in [0.15, 0.2) is 0 Å². The molecule has 1 aliphatic rings. The number of piperidine rings is 1. The molecule has 0 spiro atoms. The molecule has 3 aromatic rings. The van der Waals surface area contributed by atoms with Crippen LogP contribution in [0.15, 0.2) is 53.7 Å². The number of nitrogens with one attached hydrogen (secondary N) is 1. The number of pyridine rings is 1. The van der Waals surface area contributed by atoms with E-state index < -0.39 is 15.8 Å². The van der Waals surface area contributed by atoms with E-state index in [1.807, 2.05) is 25.4 Å². The molecule has 2 aromatic heterocycles. The molecule has 148 valence electrons. The number of benzene rings is 1. The Morgan fingerprint density at radius 2 is 2.04 bits per heavy atom. The smallest absolute Gasteiger partial charge is 0.246 e. The van der Waals surface area contributed by atoms with Gasteiger partial charge in [0.05, 0.1) is 0 Å². The summed E-state index contributed by atoms with van der Waals surface area (Å²) in [5.41, 5.74) is 1.79. The number of halogens is 1. The lowest BCUT2D eigenvalue weighted by Crippen LogP contribution is -2.52. The highest BCUT2D eigenvalue weighted by Crippen LogP contribution is 2.32. The van der Waals surface area contributed by atoms with Gasteiger partial charge in [-0.3, -0.25) is 0 Å². The molecule has 4 rings (SSSR count). The van der Waals surface area contributed by atoms with E-state index in [0.717, 1.165) is 16.7 Å². The largest absolute Gasteiger partial charge is 0.369 e. The van der Waals surface area contributed by atoms with Crippen LogP contribution in [0.4, 0.5) is 10.1 Å². The van der Waals surface area contributed by atoms with Crippen molar-refractivity contribution in [1.29, 1.82) is 0 Å². The zero-order chi connectivity index (χ0) is 19.9. The van der Waals surface area contributed by atoms with Gasteiger partial charge in [-0.2, -0.15) is 4.31 Å². The quantitative estimate of drug-likeness (QED) is 0.727. The molecule has 0 unspecified atom stereocenters. The number of likely N-dealkylation sites (N-methyl/N-ethyl adjacent to an activating group) is 1. The molecule has 1 aromatic carbocycles. The summed E-state index contributed by atoms with van der Waals surface area (Å²) >= 11 is 0. The minimum atomic E-state index is -3.88. The maximum Gasteiger partial charge on any atom is 0.246 e. The first kappa shape index (κ1) is 18.9. The van der Waals surface area contributed by atoms with E-state index in [0.29, 0.717) is 25.4 Å². The van der Waals surface area contributed by atoms with Crippen molar-refractivity contribution in [2.24, 2.45) is 5.92 Å². The van der Waals surface area contributed by atoms with Crippen molar-refractivity contribution in [1.82, 2.24) is 14.3 Å². The first-order valence-electron chi connectivity index (χ1n) is 9.29. The predicted octanol–water partition coefficient (Wildman–Crippen LogP) is 3.24. The second-order valence-corrected chi connectivity index (χ2v) is 9.21. The summed E-state index contributed by atoms with van der Waals surface area (Å²) in [6.45, 7) is 2.82. The number of aromatic nitrogens is 2. The number of anilines is 1. The molecule has 0 radical (unpaired) electrons. The maximum absolute atomic E-state index is 14.1. The van der Waals surface area contributed by atoms with E-state index in [1.165, 1.54) is 22.5 Å². The van der Waals surface area contributed by atoms with Crippen LogP contribution in [0.5, 0.6) is 0 Å². The van der Waals surface area contributed by atoms with E-state index in [2.05, 4.69) is 21.8 Å². The van der Waals surface area contributed by atoms with Crippen molar-refractivity contribution >= 4 is 26.7 Å². The Morgan fingerprint density at radius 3 is 2.82 bits per heavy atom. The van der Waals surface area contributed by atoms with Crippen LogP contribution >= 0.6 is 0 Å². The van der Waals surface area contributed by atoms with Gasteiger partial charge >= 0.3 is 0 Å². The van der Waals surface area contributed by atoms with Gasteiger partial charge in [0.1, 0.15) is 16.4 Å². The Labute approximate surface area is 164 Å². The first-order valence-corrected chi connectivity index (χ1v) is 10.7. The fraction of sp³-hybridized carbons (Fsp3) is 0.350. The number of aromatic amines is 1. The highest BCUT2D eigenvalue weighted by Gasteiger charge is 2.37. The van der Waals surface area contributed by atoms with E-state index in [-0.39, 0.29) is 10.9 Å². The summed E-state index contributed by atoms with van der Waals surface area (Å²) in [4.78, 5) is 9.28. The molecule has 2 atom stereocenters. The van der Waals surface area contributed by atoms with E-state index >= 15 is 0 Å². The summed E-state index contributed by atoms with van der Waals surface area (Å²) in [7, 11) is -1.91. The molecular formula is C20H23FN4O2S. The minimum absolute atomic E-state index is 0.0317. The van der Waals surface area contributed by atoms with Gasteiger partial charge in [-0.15, -0.1) is 0 Å². The third-order valence-electron chi connectivity index (χ3n) is 5.65. The number of rotatable bonds is 4. The summed E-state index contributed by atoms with van der Waals surface area (Å²) < 4.78 is 41.6. The lowest BCUT2D eigenvalue weighted by molar-refractivity contribution is 0.247. The fourth-order valence-electron chi connectivity index (χ4n) is 3.97. The molecule has 28 heavy (non-hydrogen) atoms. The standard InChI is InChI=1S/C20H23FN4O2S/c1-14-9-12-25(28(26,27)19-6-4-3-5-16(19)21)13-18(14)24(2)17-8-11-23-20-15(17)7-10-22-20/h3-8,10-11,14,18H,9,12-13H2,1-2H3,(H,22,23)/t14-,18+/m1/s1. The van der Waals surface area contributed by atoms with Crippen molar-refractivity contribution in [3.63, 3.8) is 0 Å². The fourth-order valence-corrected chi connectivity index (χ4v) is 5.51. The average molecular weight is 402 g/mol. The number of fused-ring (bicyclic) bond motifs is 1. The molecule has 1 saturated heterocycles. The lowest BCUT2D eigenvalue weighted by Gasteiger charge is -2.42. The minimum Gasteiger partial charge on any atom is -0.369 e. The van der Waals surface area contributed by atoms with Crippen LogP contribution in [0.25, 0.3) is 11.0 Å². The highest BCUT2D eigenvalue weighted by atomic mass is 32.2. The molecule has 0 amide bonds. The molecule has 1 aliphatic heterocycles. The van der Waals surface area contributed by atoms with Crippen LogP contribution in [-0.2, 0) is 10.0 Å². The molecular weight excluding hydrogens is 379 g/mol. The molecule has 1 fully saturated rings. The summed E-state index contributed by atoms with van der Waals surface area (Å²) in [6, 6.07) is 9.43. The summed E-state index contributed by atoms with van der Waals surface area (Å²) in [5, 5.41) is 0.992. The molecule has 1 N–H and O–H groups in total. The number of H-pyrrole nitrogens is 1. The van der Waals surface area contributed by atoms with Crippen LogP contribution in [0.2, 0.25) is 0 Å². The monoisotopic (exact) mass is 402 g/mol. The zero-order valence-electron chi connectivity index (χ0n) is 15.8. The van der Waals surface area contributed by atoms with Crippen molar-refractivity contribution < 1.29 is 12.8 Å². The first-order chi connectivity index (χ1) is 13.4. The maximum atomic E-state index is 14.1. The molecule has 8 heteroatoms. The van der Waals surface area contributed by atoms with Crippen LogP contribution in [0.1, 0.15) is 13.3 Å². The Kier molecular flexibility index (Phi) is 4.84. The molecule has 0 bridgehead atoms. The van der Waals surface area contributed by atoms with Crippen molar-refractivity contribution in [3.8, 4) is 0 Å². The van der Waals surface area contributed by atoms with Gasteiger partial charge in [-0.25, -0.2) is 17.8 Å². The van der Waals surface area contributed by atoms with Crippen molar-refractivity contribution in [2.45, 2.75) is 24.3 Å². The predicted molar refractivity (Wildman–Crippen MR) is 107 cm³/mol. The Hall–Kier alpha value is -2.45. The van der Waals surface area contributed by atoms with Crippen LogP contribution in [-0.4, -0.2) is 48.9 Å². The Morgan fingerprint density at radius 1 is 1.25 bits per heavy atom. The van der Waals surface area contributed by atoms with Gasteiger partial charge < -0.3 is 9.88 Å². The lowest BCUT2D eigenvalue weighted by atomic mass is 9.93. The van der Waals surface area contributed by atoms with Gasteiger partial charge in [-0.1, -0.05) is 19.1 Å². The third-order valence-corrected chi connectivity index (χ3v) is 7.55. The van der Waals surface area contributed by atoms with Crippen molar-refractivity contribution in [3.05, 3.63) is 54.6 Å². The summed E-state index contributed by atoms with van der Waals surface area (Å²) in [6.07, 6.45) is 4.30. The van der Waals surface area contributed by atoms with E-state index in [1.54, 1.807) is 12.3 Å². The number of hydrogen-bond acceptors (Lipinski definition) is 4. The van der Waals surface area contributed by atoms with Gasteiger partial charge in [0, 0.05) is 49.6 Å². The average Bonchev–Trinajstić information content (AvgIpc) is 3.16. The Bertz CT molecular complexity index is 1100. The molecule has 6 nitrogen and oxygen atoms in total. The molecule has 0 saturated carbocycles. The van der Waals surface area contributed by atoms with Crippen LogP contribution in [0.3, 0.4) is 0 Å². The van der Waals surface area contributed by atoms with Gasteiger partial charge in [-0.05, 0) is 36.6 Å². The normalized spacial score (nSPS) is 21.1. The summed E-state index contributed by atoms with van der Waals surface area (Å²) in [5.74, 6) is -0.423. The third kappa shape index (κ3) is 3.16. The second-order valence-electron chi connectivity index (χ2n) is 7.31. The number of hydrogen-bond donors (Lipinski definition) is 1. The highest BCUT2D eigenvalue weighted by molar-refractivity contribution is 7.89. The Balaban J connectivity index is 1.65.